The molecule has 4 aromatic heterocycles. The molecule has 14 nitrogen and oxygen atoms in total. The Morgan fingerprint density at radius 1 is 0.746 bits per heavy atom. The number of nitrogens with one attached hydrogen (secondary N) is 2. The molecule has 8 rings (SSSR count). The second kappa shape index (κ2) is 18.8. The molecule has 310 valence electrons. The number of aryl methyl sites for hydroxylation is 2. The predicted molar refractivity (Wildman–Crippen MR) is 218 cm³/mol. The summed E-state index contributed by atoms with van der Waals surface area (Å²) < 4.78 is 44.4. The van der Waals surface area contributed by atoms with Gasteiger partial charge in [-0.1, -0.05) is 75.1 Å². The lowest BCUT2D eigenvalue weighted by molar-refractivity contribution is -0.137. The number of carbonyl (C=O) groups is 2. The fraction of sp³-hybridized carbons (Fsp3) is 0.436. The van der Waals surface area contributed by atoms with Gasteiger partial charge in [-0.25, -0.2) is 9.97 Å². The van der Waals surface area contributed by atoms with E-state index in [-0.39, 0.29) is 29.2 Å². The topological polar surface area (TPSA) is 171 Å². The number of hydrogen-bond donors (Lipinski definition) is 2. The molecule has 0 spiro atoms. The van der Waals surface area contributed by atoms with E-state index < -0.39 is 17.7 Å². The third-order valence-electron chi connectivity index (χ3n) is 10.9. The average Bonchev–Trinajstić information content (AvgIpc) is 4.06. The maximum absolute atomic E-state index is 13.9. The molecule has 4 heterocycles. The van der Waals surface area contributed by atoms with Crippen LogP contribution < -0.4 is 10.6 Å². The van der Waals surface area contributed by atoms with Gasteiger partial charge in [0.25, 0.3) is 0 Å². The SMILES string of the molecule is Cc1nnnn1-c1ccc(C(CC2CCCC2)C(=O)Nc2nccs2)cc1C(F)(F)F.Cc1nnnn1-c1ccc(C(CC2CCCC2)C(=O)Nc2nccs2)cc1Cl. The minimum absolute atomic E-state index is 0.0377. The Labute approximate surface area is 351 Å². The number of halogens is 4. The number of amides is 2. The molecule has 2 amide bonds. The van der Waals surface area contributed by atoms with Crippen molar-refractivity contribution in [2.45, 2.75) is 96.1 Å². The molecular formula is C39H42ClF3N12O2S2. The summed E-state index contributed by atoms with van der Waals surface area (Å²) in [5.74, 6) is 0.396. The highest BCUT2D eigenvalue weighted by atomic mass is 35.5. The summed E-state index contributed by atoms with van der Waals surface area (Å²) in [5, 5.41) is 33.2. The van der Waals surface area contributed by atoms with Crippen LogP contribution in [0.4, 0.5) is 23.4 Å². The highest BCUT2D eigenvalue weighted by Crippen LogP contribution is 2.40. The molecule has 0 aliphatic heterocycles. The summed E-state index contributed by atoms with van der Waals surface area (Å²) in [6, 6.07) is 9.63. The summed E-state index contributed by atoms with van der Waals surface area (Å²) in [4.78, 5) is 34.4. The van der Waals surface area contributed by atoms with Crippen LogP contribution in [-0.2, 0) is 15.8 Å². The fourth-order valence-corrected chi connectivity index (χ4v) is 9.24. The van der Waals surface area contributed by atoms with Crippen LogP contribution in [0.2, 0.25) is 5.02 Å². The number of anilines is 2. The quantitative estimate of drug-likeness (QED) is 0.121. The van der Waals surface area contributed by atoms with Crippen molar-refractivity contribution in [2.24, 2.45) is 11.8 Å². The Kier molecular flexibility index (Phi) is 13.4. The van der Waals surface area contributed by atoms with Gasteiger partial charge in [-0.2, -0.15) is 22.5 Å². The van der Waals surface area contributed by atoms with Gasteiger partial charge in [0.2, 0.25) is 11.8 Å². The summed E-state index contributed by atoms with van der Waals surface area (Å²) in [6.07, 6.45) is 8.89. The van der Waals surface area contributed by atoms with Gasteiger partial charge >= 0.3 is 6.18 Å². The Morgan fingerprint density at radius 2 is 1.20 bits per heavy atom. The predicted octanol–water partition coefficient (Wildman–Crippen LogP) is 9.13. The van der Waals surface area contributed by atoms with Crippen LogP contribution in [-0.4, -0.2) is 62.2 Å². The first-order valence-electron chi connectivity index (χ1n) is 19.4. The highest BCUT2D eigenvalue weighted by Gasteiger charge is 2.37. The van der Waals surface area contributed by atoms with E-state index in [2.05, 4.69) is 51.7 Å². The molecule has 2 aliphatic rings. The number of tetrazole rings is 2. The maximum atomic E-state index is 13.9. The van der Waals surface area contributed by atoms with E-state index >= 15 is 0 Å². The van der Waals surface area contributed by atoms with Gasteiger partial charge in [0, 0.05) is 23.2 Å². The van der Waals surface area contributed by atoms with E-state index in [0.29, 0.717) is 50.6 Å². The number of aromatic nitrogens is 10. The monoisotopic (exact) mass is 866 g/mol. The van der Waals surface area contributed by atoms with E-state index in [1.165, 1.54) is 61.3 Å². The van der Waals surface area contributed by atoms with Gasteiger partial charge in [-0.3, -0.25) is 9.59 Å². The lowest BCUT2D eigenvalue weighted by Crippen LogP contribution is -2.24. The van der Waals surface area contributed by atoms with Gasteiger partial charge in [0.05, 0.1) is 33.8 Å². The van der Waals surface area contributed by atoms with Crippen LogP contribution >= 0.6 is 34.3 Å². The molecule has 2 saturated carbocycles. The van der Waals surface area contributed by atoms with Crippen molar-refractivity contribution in [3.05, 3.63) is 92.9 Å². The van der Waals surface area contributed by atoms with E-state index in [0.717, 1.165) is 48.4 Å². The van der Waals surface area contributed by atoms with Crippen molar-refractivity contribution in [3.63, 3.8) is 0 Å². The molecule has 2 unspecified atom stereocenters. The Morgan fingerprint density at radius 3 is 1.61 bits per heavy atom. The number of hydrogen-bond acceptors (Lipinski definition) is 12. The summed E-state index contributed by atoms with van der Waals surface area (Å²) >= 11 is 9.23. The van der Waals surface area contributed by atoms with Gasteiger partial charge in [0.15, 0.2) is 21.9 Å². The molecule has 20 heteroatoms. The van der Waals surface area contributed by atoms with Gasteiger partial charge < -0.3 is 10.6 Å². The minimum atomic E-state index is -4.63. The lowest BCUT2D eigenvalue weighted by Gasteiger charge is -2.22. The summed E-state index contributed by atoms with van der Waals surface area (Å²) in [6.45, 7) is 3.34. The van der Waals surface area contributed by atoms with Crippen LogP contribution in [0.5, 0.6) is 0 Å². The molecule has 6 aromatic rings. The van der Waals surface area contributed by atoms with Crippen molar-refractivity contribution in [1.82, 2.24) is 50.4 Å². The number of rotatable bonds is 12. The second-order valence-corrected chi connectivity index (χ2v) is 17.0. The summed E-state index contributed by atoms with van der Waals surface area (Å²) in [5.41, 5.74) is 0.883. The first-order chi connectivity index (χ1) is 28.4. The van der Waals surface area contributed by atoms with Crippen molar-refractivity contribution in [2.75, 3.05) is 10.6 Å². The standard InChI is InChI=1S/C20H21F3N6OS.C19H21ClN6OS/c1-12-26-27-28-29(12)17-7-6-14(11-16(17)20(21,22)23)15(10-13-4-2-3-5-13)18(30)25-19-24-8-9-31-19;1-12-23-24-25-26(12)17-7-6-14(11-16(17)20)15(10-13-4-2-3-5-13)18(27)22-19-21-8-9-28-19/h6-9,11,13,15H,2-5,10H2,1H3,(H,24,25,30);6-9,11,13,15H,2-5,10H2,1H3,(H,21,22,27). The third-order valence-corrected chi connectivity index (χ3v) is 12.5. The Balaban J connectivity index is 0.000000180. The fourth-order valence-electron chi connectivity index (χ4n) is 7.91. The third kappa shape index (κ3) is 10.4. The van der Waals surface area contributed by atoms with Crippen molar-refractivity contribution in [1.29, 1.82) is 0 Å². The lowest BCUT2D eigenvalue weighted by atomic mass is 9.86. The van der Waals surface area contributed by atoms with Crippen molar-refractivity contribution in [3.8, 4) is 11.4 Å². The molecule has 0 saturated heterocycles. The van der Waals surface area contributed by atoms with Crippen LogP contribution in [0.25, 0.3) is 11.4 Å². The largest absolute Gasteiger partial charge is 0.418 e. The molecule has 0 radical (unpaired) electrons. The van der Waals surface area contributed by atoms with E-state index in [1.807, 2.05) is 30.5 Å². The zero-order valence-electron chi connectivity index (χ0n) is 32.3. The Hall–Kier alpha value is -5.14. The number of benzene rings is 2. The normalized spacial score (nSPS) is 15.8. The number of alkyl halides is 3. The molecule has 2 aliphatic carbocycles. The van der Waals surface area contributed by atoms with Gasteiger partial charge in [0.1, 0.15) is 0 Å². The van der Waals surface area contributed by atoms with Crippen molar-refractivity contribution >= 4 is 56.4 Å². The molecule has 0 bridgehead atoms. The van der Waals surface area contributed by atoms with E-state index in [4.69, 9.17) is 11.6 Å². The zero-order chi connectivity index (χ0) is 41.5. The smallest absolute Gasteiger partial charge is 0.301 e. The highest BCUT2D eigenvalue weighted by molar-refractivity contribution is 7.14. The number of carbonyl (C=O) groups excluding carboxylic acids is 2. The van der Waals surface area contributed by atoms with Gasteiger partial charge in [-0.15, -0.1) is 32.9 Å². The molecule has 2 fully saturated rings. The molecule has 2 aromatic carbocycles. The molecule has 2 N–H and O–H groups in total. The van der Waals surface area contributed by atoms with E-state index in [9.17, 15) is 22.8 Å². The van der Waals surface area contributed by atoms with Crippen LogP contribution in [0.1, 0.15) is 104 Å². The maximum Gasteiger partial charge on any atom is 0.418 e. The van der Waals surface area contributed by atoms with E-state index in [1.54, 1.807) is 28.5 Å². The van der Waals surface area contributed by atoms with Crippen LogP contribution in [0, 0.1) is 25.7 Å². The van der Waals surface area contributed by atoms with Crippen molar-refractivity contribution < 1.29 is 22.8 Å². The Bertz CT molecular complexity index is 2320. The first kappa shape index (κ1) is 42.0. The number of thiazole rings is 2. The van der Waals surface area contributed by atoms with Crippen LogP contribution in [0.15, 0.2) is 59.6 Å². The zero-order valence-corrected chi connectivity index (χ0v) is 34.7. The molecule has 2 atom stereocenters. The average molecular weight is 867 g/mol. The molecular weight excluding hydrogens is 825 g/mol. The number of nitrogens with zero attached hydrogens (tertiary/aromatic N) is 10. The summed E-state index contributed by atoms with van der Waals surface area (Å²) in [7, 11) is 0. The molecule has 59 heavy (non-hydrogen) atoms. The van der Waals surface area contributed by atoms with Crippen LogP contribution in [0.3, 0.4) is 0 Å². The van der Waals surface area contributed by atoms with Gasteiger partial charge in [-0.05, 0) is 94.8 Å². The second-order valence-electron chi connectivity index (χ2n) is 14.8. The minimum Gasteiger partial charge on any atom is -0.301 e. The first-order valence-corrected chi connectivity index (χ1v) is 21.5.